The number of nitrogens with one attached hydrogen (secondary N) is 2. The average molecular weight is 448 g/mol. The number of aliphatic imine (C=N–C) groups is 1. The molecule has 0 radical (unpaired) electrons. The SMILES string of the molecule is CN=C(NCC(C)c1ccsc1)NC1CCN(C2CC2)CC1.I. The molecule has 4 nitrogen and oxygen atoms in total. The van der Waals surface area contributed by atoms with E-state index >= 15 is 0 Å². The summed E-state index contributed by atoms with van der Waals surface area (Å²) in [5.74, 6) is 1.47. The highest BCUT2D eigenvalue weighted by Crippen LogP contribution is 2.29. The maximum atomic E-state index is 4.39. The van der Waals surface area contributed by atoms with E-state index in [0.29, 0.717) is 12.0 Å². The second-order valence-electron chi connectivity index (χ2n) is 6.60. The van der Waals surface area contributed by atoms with Crippen LogP contribution < -0.4 is 10.6 Å². The number of nitrogens with zero attached hydrogens (tertiary/aromatic N) is 2. The molecule has 1 aliphatic carbocycles. The lowest BCUT2D eigenvalue weighted by atomic mass is 10.0. The summed E-state index contributed by atoms with van der Waals surface area (Å²) in [6, 6.07) is 3.68. The maximum absolute atomic E-state index is 4.39. The van der Waals surface area contributed by atoms with Gasteiger partial charge in [-0.1, -0.05) is 6.92 Å². The van der Waals surface area contributed by atoms with Crippen molar-refractivity contribution in [3.63, 3.8) is 0 Å². The van der Waals surface area contributed by atoms with Crippen LogP contribution in [0.25, 0.3) is 0 Å². The molecular weight excluding hydrogens is 419 g/mol. The topological polar surface area (TPSA) is 39.7 Å². The zero-order valence-electron chi connectivity index (χ0n) is 14.1. The van der Waals surface area contributed by atoms with Crippen LogP contribution in [0.15, 0.2) is 21.8 Å². The Labute approximate surface area is 161 Å². The van der Waals surface area contributed by atoms with Crippen molar-refractivity contribution in [1.82, 2.24) is 15.5 Å². The maximum Gasteiger partial charge on any atom is 0.191 e. The summed E-state index contributed by atoms with van der Waals surface area (Å²) in [5.41, 5.74) is 1.41. The normalized spacial score (nSPS) is 21.6. The fourth-order valence-electron chi connectivity index (χ4n) is 3.16. The smallest absolute Gasteiger partial charge is 0.191 e. The van der Waals surface area contributed by atoms with Crippen LogP contribution in [-0.2, 0) is 0 Å². The van der Waals surface area contributed by atoms with E-state index in [9.17, 15) is 0 Å². The summed E-state index contributed by atoms with van der Waals surface area (Å²) in [5, 5.41) is 11.5. The van der Waals surface area contributed by atoms with Gasteiger partial charge in [0, 0.05) is 38.8 Å². The largest absolute Gasteiger partial charge is 0.356 e. The molecule has 23 heavy (non-hydrogen) atoms. The quantitative estimate of drug-likeness (QED) is 0.413. The van der Waals surface area contributed by atoms with Crippen LogP contribution in [0, 0.1) is 0 Å². The van der Waals surface area contributed by atoms with Crippen molar-refractivity contribution in [1.29, 1.82) is 0 Å². The van der Waals surface area contributed by atoms with Gasteiger partial charge in [-0.25, -0.2) is 0 Å². The Morgan fingerprint density at radius 3 is 2.65 bits per heavy atom. The molecule has 2 aliphatic rings. The van der Waals surface area contributed by atoms with E-state index in [1.807, 2.05) is 7.05 Å². The van der Waals surface area contributed by atoms with Gasteiger partial charge in [-0.15, -0.1) is 24.0 Å². The van der Waals surface area contributed by atoms with E-state index in [-0.39, 0.29) is 24.0 Å². The first-order valence-electron chi connectivity index (χ1n) is 8.49. The van der Waals surface area contributed by atoms with Crippen LogP contribution in [0.5, 0.6) is 0 Å². The minimum absolute atomic E-state index is 0. The minimum Gasteiger partial charge on any atom is -0.356 e. The molecule has 1 saturated carbocycles. The van der Waals surface area contributed by atoms with Crippen molar-refractivity contribution in [2.45, 2.75) is 50.6 Å². The zero-order valence-corrected chi connectivity index (χ0v) is 17.3. The van der Waals surface area contributed by atoms with E-state index < -0.39 is 0 Å². The number of thiophene rings is 1. The van der Waals surface area contributed by atoms with Crippen molar-refractivity contribution < 1.29 is 0 Å². The summed E-state index contributed by atoms with van der Waals surface area (Å²) in [7, 11) is 1.86. The summed E-state index contributed by atoms with van der Waals surface area (Å²) in [6.07, 6.45) is 5.30. The monoisotopic (exact) mass is 448 g/mol. The summed E-state index contributed by atoms with van der Waals surface area (Å²) >= 11 is 1.77. The van der Waals surface area contributed by atoms with Crippen LogP contribution in [0.2, 0.25) is 0 Å². The van der Waals surface area contributed by atoms with E-state index in [4.69, 9.17) is 0 Å². The zero-order chi connectivity index (χ0) is 15.4. The molecule has 0 bridgehead atoms. The number of likely N-dealkylation sites (tertiary alicyclic amines) is 1. The van der Waals surface area contributed by atoms with E-state index in [0.717, 1.165) is 18.5 Å². The molecule has 1 aromatic heterocycles. The molecule has 0 aromatic carbocycles. The van der Waals surface area contributed by atoms with Gasteiger partial charge in [0.2, 0.25) is 0 Å². The molecule has 130 valence electrons. The molecule has 1 unspecified atom stereocenters. The summed E-state index contributed by atoms with van der Waals surface area (Å²) in [6.45, 7) is 5.67. The van der Waals surface area contributed by atoms with Crippen molar-refractivity contribution in [2.75, 3.05) is 26.7 Å². The van der Waals surface area contributed by atoms with Crippen LogP contribution in [0.3, 0.4) is 0 Å². The number of hydrogen-bond acceptors (Lipinski definition) is 3. The van der Waals surface area contributed by atoms with Gasteiger partial charge in [0.15, 0.2) is 5.96 Å². The van der Waals surface area contributed by atoms with Crippen molar-refractivity contribution >= 4 is 41.3 Å². The first-order valence-corrected chi connectivity index (χ1v) is 9.44. The van der Waals surface area contributed by atoms with E-state index in [1.165, 1.54) is 44.3 Å². The molecule has 1 atom stereocenters. The Morgan fingerprint density at radius 1 is 1.35 bits per heavy atom. The average Bonchev–Trinajstić information content (AvgIpc) is 3.25. The third-order valence-corrected chi connectivity index (χ3v) is 5.55. The lowest BCUT2D eigenvalue weighted by Gasteiger charge is -2.33. The minimum atomic E-state index is 0. The van der Waals surface area contributed by atoms with E-state index in [1.54, 1.807) is 11.3 Å². The van der Waals surface area contributed by atoms with E-state index in [2.05, 4.69) is 44.3 Å². The number of piperidine rings is 1. The Kier molecular flexibility index (Phi) is 7.62. The molecule has 2 N–H and O–H groups in total. The van der Waals surface area contributed by atoms with Crippen molar-refractivity contribution in [3.8, 4) is 0 Å². The number of halogens is 1. The van der Waals surface area contributed by atoms with Crippen LogP contribution >= 0.6 is 35.3 Å². The summed E-state index contributed by atoms with van der Waals surface area (Å²) in [4.78, 5) is 7.05. The van der Waals surface area contributed by atoms with Gasteiger partial charge >= 0.3 is 0 Å². The van der Waals surface area contributed by atoms with Gasteiger partial charge in [0.05, 0.1) is 0 Å². The van der Waals surface area contributed by atoms with Crippen LogP contribution in [0.1, 0.15) is 44.1 Å². The fourth-order valence-corrected chi connectivity index (χ4v) is 3.94. The standard InChI is InChI=1S/C17H28N4S.HI/c1-13(14-7-10-22-12-14)11-19-17(18-2)20-15-5-8-21(9-6-15)16-3-4-16;/h7,10,12-13,15-16H,3-6,8-9,11H2,1-2H3,(H2,18,19,20);1H. The highest BCUT2D eigenvalue weighted by atomic mass is 127. The lowest BCUT2D eigenvalue weighted by Crippen LogP contribution is -2.49. The van der Waals surface area contributed by atoms with Gasteiger partial charge in [-0.2, -0.15) is 11.3 Å². The fraction of sp³-hybridized carbons (Fsp3) is 0.706. The number of guanidine groups is 1. The van der Waals surface area contributed by atoms with Gasteiger partial charge < -0.3 is 15.5 Å². The van der Waals surface area contributed by atoms with Gasteiger partial charge in [0.1, 0.15) is 0 Å². The molecule has 2 heterocycles. The first-order chi connectivity index (χ1) is 10.8. The second kappa shape index (κ2) is 9.22. The molecule has 2 fully saturated rings. The summed E-state index contributed by atoms with van der Waals surface area (Å²) < 4.78 is 0. The van der Waals surface area contributed by atoms with Gasteiger partial charge in [-0.05, 0) is 54.0 Å². The predicted octanol–water partition coefficient (Wildman–Crippen LogP) is 3.26. The Bertz CT molecular complexity index is 479. The Hall–Kier alpha value is -0.340. The predicted molar refractivity (Wildman–Crippen MR) is 110 cm³/mol. The molecule has 1 aliphatic heterocycles. The highest BCUT2D eigenvalue weighted by Gasteiger charge is 2.31. The Balaban J connectivity index is 0.00000192. The van der Waals surface area contributed by atoms with Crippen molar-refractivity contribution in [2.24, 2.45) is 4.99 Å². The Morgan fingerprint density at radius 2 is 2.09 bits per heavy atom. The van der Waals surface area contributed by atoms with Gasteiger partial charge in [-0.3, -0.25) is 4.99 Å². The molecular formula is C17H29IN4S. The molecule has 0 amide bonds. The van der Waals surface area contributed by atoms with Crippen LogP contribution in [0.4, 0.5) is 0 Å². The lowest BCUT2D eigenvalue weighted by molar-refractivity contribution is 0.197. The number of hydrogen-bond donors (Lipinski definition) is 2. The van der Waals surface area contributed by atoms with Gasteiger partial charge in [0.25, 0.3) is 0 Å². The molecule has 3 rings (SSSR count). The van der Waals surface area contributed by atoms with Crippen LogP contribution in [-0.4, -0.2) is 49.6 Å². The molecule has 6 heteroatoms. The van der Waals surface area contributed by atoms with Crippen molar-refractivity contribution in [3.05, 3.63) is 22.4 Å². The third kappa shape index (κ3) is 5.60. The number of rotatable bonds is 5. The molecule has 0 spiro atoms. The second-order valence-corrected chi connectivity index (χ2v) is 7.38. The molecule has 1 saturated heterocycles. The third-order valence-electron chi connectivity index (χ3n) is 4.85. The highest BCUT2D eigenvalue weighted by molar-refractivity contribution is 14.0. The first kappa shape index (κ1) is 19.0. The molecule has 1 aromatic rings.